The fraction of sp³-hybridized carbons (Fsp3) is 0.261. The number of aryl methyl sites for hydroxylation is 2. The molecule has 2 aromatic heterocycles. The van der Waals surface area contributed by atoms with Crippen LogP contribution in [0, 0.1) is 13.8 Å². The van der Waals surface area contributed by atoms with E-state index in [1.165, 1.54) is 0 Å². The molecule has 1 aliphatic rings. The maximum absolute atomic E-state index is 13.3. The largest absolute Gasteiger partial charge is 0.352 e. The maximum atomic E-state index is 13.3. The lowest BCUT2D eigenvalue weighted by Gasteiger charge is -2.34. The molecule has 0 spiro atoms. The minimum atomic E-state index is -3.58. The lowest BCUT2D eigenvalue weighted by molar-refractivity contribution is 0.384. The van der Waals surface area contributed by atoms with Crippen molar-refractivity contribution in [3.63, 3.8) is 0 Å². The van der Waals surface area contributed by atoms with E-state index < -0.39 is 10.0 Å². The van der Waals surface area contributed by atoms with Crippen LogP contribution in [0.15, 0.2) is 65.6 Å². The van der Waals surface area contributed by atoms with Crippen LogP contribution in [0.3, 0.4) is 0 Å². The number of fused-ring (bicyclic) bond motifs is 1. The van der Waals surface area contributed by atoms with Crippen molar-refractivity contribution in [1.82, 2.24) is 24.3 Å². The molecule has 32 heavy (non-hydrogen) atoms. The average Bonchev–Trinajstić information content (AvgIpc) is 3.16. The number of hydrogen-bond acceptors (Lipinski definition) is 6. The number of piperazine rings is 1. The Labute approximate surface area is 187 Å². The van der Waals surface area contributed by atoms with E-state index >= 15 is 0 Å². The van der Waals surface area contributed by atoms with Crippen LogP contribution < -0.4 is 4.90 Å². The third kappa shape index (κ3) is 3.63. The first-order chi connectivity index (χ1) is 15.4. The van der Waals surface area contributed by atoms with Crippen molar-refractivity contribution in [3.8, 4) is 5.82 Å². The van der Waals surface area contributed by atoms with Crippen molar-refractivity contribution < 1.29 is 8.42 Å². The van der Waals surface area contributed by atoms with E-state index in [-0.39, 0.29) is 0 Å². The van der Waals surface area contributed by atoms with E-state index in [1.807, 2.05) is 62.4 Å². The van der Waals surface area contributed by atoms with Crippen LogP contribution in [0.5, 0.6) is 0 Å². The standard InChI is InChI=1S/C23H24N6O2S/c1-17-16-18(2)29(26-17)23-11-10-22(24-25-23)27-12-14-28(15-13-27)32(30,31)21-9-5-7-19-6-3-4-8-20(19)21/h3-11,16H,12-15H2,1-2H3. The second kappa shape index (κ2) is 7.99. The molecule has 2 aromatic carbocycles. The predicted molar refractivity (Wildman–Crippen MR) is 124 cm³/mol. The first-order valence-electron chi connectivity index (χ1n) is 10.5. The van der Waals surface area contributed by atoms with Crippen LogP contribution in [0.4, 0.5) is 5.82 Å². The minimum absolute atomic E-state index is 0.359. The molecule has 9 heteroatoms. The molecule has 0 saturated carbocycles. The molecule has 0 unspecified atom stereocenters. The molecule has 0 aliphatic carbocycles. The Morgan fingerprint density at radius 3 is 2.19 bits per heavy atom. The van der Waals surface area contributed by atoms with Gasteiger partial charge in [0.25, 0.3) is 0 Å². The van der Waals surface area contributed by atoms with Crippen molar-refractivity contribution in [2.45, 2.75) is 18.7 Å². The predicted octanol–water partition coefficient (Wildman–Crippen LogP) is 2.94. The Kier molecular flexibility index (Phi) is 5.15. The van der Waals surface area contributed by atoms with Gasteiger partial charge in [0.05, 0.1) is 10.6 Å². The number of nitrogens with zero attached hydrogens (tertiary/aromatic N) is 6. The van der Waals surface area contributed by atoms with E-state index in [0.717, 1.165) is 28.0 Å². The fourth-order valence-electron chi connectivity index (χ4n) is 4.18. The van der Waals surface area contributed by atoms with Gasteiger partial charge in [-0.15, -0.1) is 10.2 Å². The molecule has 0 amide bonds. The molecule has 3 heterocycles. The quantitative estimate of drug-likeness (QED) is 0.477. The summed E-state index contributed by atoms with van der Waals surface area (Å²) in [7, 11) is -3.58. The molecule has 164 valence electrons. The monoisotopic (exact) mass is 448 g/mol. The normalized spacial score (nSPS) is 15.4. The van der Waals surface area contributed by atoms with Gasteiger partial charge in [0.2, 0.25) is 10.0 Å². The Balaban J connectivity index is 1.32. The molecular formula is C23H24N6O2S. The first kappa shape index (κ1) is 20.6. The second-order valence-corrected chi connectivity index (χ2v) is 9.86. The van der Waals surface area contributed by atoms with E-state index in [9.17, 15) is 8.42 Å². The first-order valence-corrected chi connectivity index (χ1v) is 12.0. The van der Waals surface area contributed by atoms with Crippen molar-refractivity contribution in [2.24, 2.45) is 0 Å². The van der Waals surface area contributed by atoms with E-state index in [2.05, 4.69) is 20.2 Å². The van der Waals surface area contributed by atoms with Crippen LogP contribution in [0.1, 0.15) is 11.4 Å². The zero-order chi connectivity index (χ0) is 22.3. The van der Waals surface area contributed by atoms with Gasteiger partial charge in [-0.3, -0.25) is 0 Å². The van der Waals surface area contributed by atoms with Crippen LogP contribution in [0.2, 0.25) is 0 Å². The summed E-state index contributed by atoms with van der Waals surface area (Å²) in [6, 6.07) is 18.8. The van der Waals surface area contributed by atoms with Gasteiger partial charge in [0.15, 0.2) is 11.6 Å². The van der Waals surface area contributed by atoms with Gasteiger partial charge < -0.3 is 4.90 Å². The SMILES string of the molecule is Cc1cc(C)n(-c2ccc(N3CCN(S(=O)(=O)c4cccc5ccccc45)CC3)nn2)n1. The number of sulfonamides is 1. The van der Waals surface area contributed by atoms with E-state index in [0.29, 0.717) is 36.9 Å². The Bertz CT molecular complexity index is 1370. The van der Waals surface area contributed by atoms with Crippen LogP contribution >= 0.6 is 0 Å². The van der Waals surface area contributed by atoms with Crippen molar-refractivity contribution in [3.05, 3.63) is 72.1 Å². The Morgan fingerprint density at radius 2 is 1.50 bits per heavy atom. The molecule has 0 atom stereocenters. The van der Waals surface area contributed by atoms with Gasteiger partial charge in [0, 0.05) is 37.3 Å². The summed E-state index contributed by atoms with van der Waals surface area (Å²) in [6.07, 6.45) is 0. The highest BCUT2D eigenvalue weighted by atomic mass is 32.2. The summed E-state index contributed by atoms with van der Waals surface area (Å²) < 4.78 is 30.0. The summed E-state index contributed by atoms with van der Waals surface area (Å²) in [5.41, 5.74) is 1.92. The minimum Gasteiger partial charge on any atom is -0.352 e. The highest BCUT2D eigenvalue weighted by Crippen LogP contribution is 2.27. The highest BCUT2D eigenvalue weighted by Gasteiger charge is 2.30. The van der Waals surface area contributed by atoms with E-state index in [1.54, 1.807) is 21.1 Å². The second-order valence-electron chi connectivity index (χ2n) is 7.96. The van der Waals surface area contributed by atoms with Gasteiger partial charge in [0.1, 0.15) is 0 Å². The van der Waals surface area contributed by atoms with Gasteiger partial charge in [-0.05, 0) is 43.5 Å². The highest BCUT2D eigenvalue weighted by molar-refractivity contribution is 7.89. The van der Waals surface area contributed by atoms with Crippen LogP contribution in [0.25, 0.3) is 16.6 Å². The fourth-order valence-corrected chi connectivity index (χ4v) is 5.81. The summed E-state index contributed by atoms with van der Waals surface area (Å²) in [5, 5.41) is 14.8. The zero-order valence-electron chi connectivity index (χ0n) is 18.0. The summed E-state index contributed by atoms with van der Waals surface area (Å²) in [6.45, 7) is 5.82. The Hall–Kier alpha value is -3.30. The lowest BCUT2D eigenvalue weighted by atomic mass is 10.1. The third-order valence-corrected chi connectivity index (χ3v) is 7.75. The Morgan fingerprint density at radius 1 is 0.812 bits per heavy atom. The van der Waals surface area contributed by atoms with E-state index in [4.69, 9.17) is 0 Å². The molecule has 0 N–H and O–H groups in total. The third-order valence-electron chi connectivity index (χ3n) is 5.79. The number of benzene rings is 2. The zero-order valence-corrected chi connectivity index (χ0v) is 18.8. The van der Waals surface area contributed by atoms with Gasteiger partial charge in [-0.25, -0.2) is 13.1 Å². The molecule has 1 fully saturated rings. The van der Waals surface area contributed by atoms with Gasteiger partial charge >= 0.3 is 0 Å². The number of rotatable bonds is 4. The van der Waals surface area contributed by atoms with Crippen LogP contribution in [-0.4, -0.2) is 58.9 Å². The summed E-state index contributed by atoms with van der Waals surface area (Å²) >= 11 is 0. The summed E-state index contributed by atoms with van der Waals surface area (Å²) in [5.74, 6) is 1.40. The molecule has 4 aromatic rings. The number of hydrogen-bond donors (Lipinski definition) is 0. The topological polar surface area (TPSA) is 84.2 Å². The van der Waals surface area contributed by atoms with Gasteiger partial charge in [-0.2, -0.15) is 9.40 Å². The van der Waals surface area contributed by atoms with Crippen LogP contribution in [-0.2, 0) is 10.0 Å². The van der Waals surface area contributed by atoms with Crippen molar-refractivity contribution in [2.75, 3.05) is 31.1 Å². The van der Waals surface area contributed by atoms with Crippen molar-refractivity contribution in [1.29, 1.82) is 0 Å². The molecular weight excluding hydrogens is 424 g/mol. The molecule has 5 rings (SSSR count). The smallest absolute Gasteiger partial charge is 0.243 e. The van der Waals surface area contributed by atoms with Gasteiger partial charge in [-0.1, -0.05) is 36.4 Å². The molecule has 1 saturated heterocycles. The lowest BCUT2D eigenvalue weighted by Crippen LogP contribution is -2.49. The average molecular weight is 449 g/mol. The number of anilines is 1. The number of aromatic nitrogens is 4. The summed E-state index contributed by atoms with van der Waals surface area (Å²) in [4.78, 5) is 2.42. The van der Waals surface area contributed by atoms with Crippen molar-refractivity contribution >= 4 is 26.6 Å². The molecule has 0 bridgehead atoms. The maximum Gasteiger partial charge on any atom is 0.243 e. The molecule has 1 aliphatic heterocycles. The molecule has 0 radical (unpaired) electrons. The molecule has 8 nitrogen and oxygen atoms in total.